The van der Waals surface area contributed by atoms with Gasteiger partial charge in [-0.15, -0.1) is 0 Å². The average molecular weight is 417 g/mol. The van der Waals surface area contributed by atoms with Gasteiger partial charge in [-0.2, -0.15) is 0 Å². The third-order valence-corrected chi connectivity index (χ3v) is 6.03. The van der Waals surface area contributed by atoms with E-state index in [-0.39, 0.29) is 11.9 Å². The van der Waals surface area contributed by atoms with E-state index in [4.69, 9.17) is 4.74 Å². The molecule has 1 aromatic carbocycles. The van der Waals surface area contributed by atoms with E-state index in [2.05, 4.69) is 39.2 Å². The van der Waals surface area contributed by atoms with E-state index in [0.717, 1.165) is 36.3 Å². The van der Waals surface area contributed by atoms with Crippen LogP contribution in [0.3, 0.4) is 0 Å². The number of aromatic nitrogens is 2. The van der Waals surface area contributed by atoms with Gasteiger partial charge in [0.05, 0.1) is 6.04 Å². The van der Waals surface area contributed by atoms with Crippen molar-refractivity contribution in [3.05, 3.63) is 82.4 Å². The van der Waals surface area contributed by atoms with Crippen LogP contribution >= 0.6 is 0 Å². The van der Waals surface area contributed by atoms with E-state index in [1.807, 2.05) is 26.4 Å². The second-order valence-corrected chi connectivity index (χ2v) is 8.14. The number of aryl methyl sites for hydroxylation is 1. The van der Waals surface area contributed by atoms with Gasteiger partial charge in [0, 0.05) is 48.4 Å². The van der Waals surface area contributed by atoms with Crippen molar-refractivity contribution < 1.29 is 9.13 Å². The summed E-state index contributed by atoms with van der Waals surface area (Å²) in [5.74, 6) is 1.77. The maximum Gasteiger partial charge on any atom is 0.222 e. The Morgan fingerprint density at radius 2 is 1.90 bits per heavy atom. The Balaban J connectivity index is 1.42. The molecule has 158 valence electrons. The molecule has 3 aromatic rings. The Labute approximate surface area is 181 Å². The molecule has 0 spiro atoms. The molecule has 1 unspecified atom stereocenters. The number of benzene rings is 1. The van der Waals surface area contributed by atoms with Crippen LogP contribution in [-0.4, -0.2) is 21.9 Å². The zero-order valence-corrected chi connectivity index (χ0v) is 17.9. The highest BCUT2D eigenvalue weighted by Crippen LogP contribution is 2.48. The van der Waals surface area contributed by atoms with Crippen LogP contribution < -0.4 is 10.1 Å². The van der Waals surface area contributed by atoms with Crippen LogP contribution in [0.2, 0.25) is 0 Å². The molecule has 31 heavy (non-hydrogen) atoms. The minimum atomic E-state index is -0.287. The molecule has 0 radical (unpaired) electrons. The minimum absolute atomic E-state index is 0.159. The summed E-state index contributed by atoms with van der Waals surface area (Å²) in [6.07, 6.45) is 6.09. The maximum absolute atomic E-state index is 13.1. The van der Waals surface area contributed by atoms with Gasteiger partial charge in [-0.3, -0.25) is 0 Å². The third kappa shape index (κ3) is 3.63. The molecule has 0 saturated heterocycles. The van der Waals surface area contributed by atoms with Crippen LogP contribution in [0.4, 0.5) is 10.2 Å². The van der Waals surface area contributed by atoms with Gasteiger partial charge in [0.25, 0.3) is 0 Å². The first-order chi connectivity index (χ1) is 15.0. The normalized spacial score (nSPS) is 15.7. The fraction of sp³-hybridized carbons (Fsp3) is 0.280. The van der Waals surface area contributed by atoms with Gasteiger partial charge in [0.1, 0.15) is 17.4 Å². The predicted molar refractivity (Wildman–Crippen MR) is 119 cm³/mol. The lowest BCUT2D eigenvalue weighted by atomic mass is 10.1. The lowest BCUT2D eigenvalue weighted by molar-refractivity contribution is 0.323. The molecule has 1 aliphatic heterocycles. The first-order valence-electron chi connectivity index (χ1n) is 10.6. The summed E-state index contributed by atoms with van der Waals surface area (Å²) in [6.45, 7) is 5.04. The number of fused-ring (bicyclic) bond motifs is 1. The summed E-state index contributed by atoms with van der Waals surface area (Å²) in [5.41, 5.74) is 7.50. The highest BCUT2D eigenvalue weighted by atomic mass is 19.1. The molecule has 2 aromatic heterocycles. The van der Waals surface area contributed by atoms with Crippen LogP contribution in [0, 0.1) is 12.7 Å². The first-order valence-corrected chi connectivity index (χ1v) is 10.6. The van der Waals surface area contributed by atoms with Crippen LogP contribution in [-0.2, 0) is 6.54 Å². The summed E-state index contributed by atoms with van der Waals surface area (Å²) in [5, 5.41) is 3.24. The number of ether oxygens (including phenoxy) is 1. The van der Waals surface area contributed by atoms with Gasteiger partial charge in [-0.05, 0) is 74.2 Å². The molecule has 1 aliphatic carbocycles. The van der Waals surface area contributed by atoms with E-state index in [1.165, 1.54) is 34.5 Å². The van der Waals surface area contributed by atoms with Crippen LogP contribution in [0.5, 0.6) is 11.6 Å². The molecule has 1 N–H and O–H groups in total. The molecular formula is C25H25FN4O. The van der Waals surface area contributed by atoms with Crippen molar-refractivity contribution in [2.24, 2.45) is 0 Å². The van der Waals surface area contributed by atoms with E-state index in [9.17, 15) is 4.39 Å². The molecule has 3 heterocycles. The molecular weight excluding hydrogens is 391 g/mol. The molecule has 6 heteroatoms. The van der Waals surface area contributed by atoms with Crippen LogP contribution in [0.15, 0.2) is 54.4 Å². The Bertz CT molecular complexity index is 1170. The van der Waals surface area contributed by atoms with E-state index >= 15 is 0 Å². The quantitative estimate of drug-likeness (QED) is 0.566. The number of allylic oxidation sites excluding steroid dienone is 1. The summed E-state index contributed by atoms with van der Waals surface area (Å²) in [7, 11) is 1.92. The highest BCUT2D eigenvalue weighted by molar-refractivity contribution is 5.78. The average Bonchev–Trinajstić information content (AvgIpc) is 3.54. The Kier molecular flexibility index (Phi) is 4.85. The van der Waals surface area contributed by atoms with Crippen LogP contribution in [0.1, 0.15) is 48.1 Å². The summed E-state index contributed by atoms with van der Waals surface area (Å²) in [6, 6.07) is 10.4. The number of hydrogen-bond donors (Lipinski definition) is 1. The van der Waals surface area contributed by atoms with Crippen molar-refractivity contribution in [3.8, 4) is 11.6 Å². The Hall–Kier alpha value is -3.41. The van der Waals surface area contributed by atoms with Crippen molar-refractivity contribution in [2.75, 3.05) is 12.4 Å². The number of nitrogens with one attached hydrogen (secondary N) is 1. The topological polar surface area (TPSA) is 50.3 Å². The highest BCUT2D eigenvalue weighted by Gasteiger charge is 2.35. The Morgan fingerprint density at radius 1 is 1.13 bits per heavy atom. The molecule has 5 nitrogen and oxygen atoms in total. The van der Waals surface area contributed by atoms with Crippen molar-refractivity contribution in [2.45, 2.75) is 39.3 Å². The fourth-order valence-electron chi connectivity index (χ4n) is 4.23. The monoisotopic (exact) mass is 416 g/mol. The summed E-state index contributed by atoms with van der Waals surface area (Å²) >= 11 is 0. The largest absolute Gasteiger partial charge is 0.439 e. The standard InChI is InChI=1S/C25H25FN4O/c1-15-12-18(13-29-25(15)31-20-8-6-19(26)7-9-20)16(2)30-14-22-21(23(30)17-4-5-17)10-11-28-24(22)27-3/h6-13,16H,4-5,14H2,1-3H3,(H,27,28). The van der Waals surface area contributed by atoms with E-state index in [0.29, 0.717) is 11.6 Å². The first kappa shape index (κ1) is 19.5. The molecule has 1 fully saturated rings. The molecule has 0 amide bonds. The second kappa shape index (κ2) is 7.69. The van der Waals surface area contributed by atoms with Crippen LogP contribution in [0.25, 0.3) is 5.70 Å². The van der Waals surface area contributed by atoms with Gasteiger partial charge in [-0.1, -0.05) is 0 Å². The van der Waals surface area contributed by atoms with Gasteiger partial charge in [0.15, 0.2) is 0 Å². The van der Waals surface area contributed by atoms with Gasteiger partial charge < -0.3 is 15.0 Å². The number of anilines is 1. The molecule has 5 rings (SSSR count). The smallest absolute Gasteiger partial charge is 0.222 e. The van der Waals surface area contributed by atoms with Crippen molar-refractivity contribution in [3.63, 3.8) is 0 Å². The van der Waals surface area contributed by atoms with Gasteiger partial charge in [-0.25, -0.2) is 14.4 Å². The van der Waals surface area contributed by atoms with E-state index in [1.54, 1.807) is 12.1 Å². The van der Waals surface area contributed by atoms with Gasteiger partial charge >= 0.3 is 0 Å². The minimum Gasteiger partial charge on any atom is -0.439 e. The summed E-state index contributed by atoms with van der Waals surface area (Å²) in [4.78, 5) is 11.5. The number of nitrogens with zero attached hydrogens (tertiary/aromatic N) is 3. The maximum atomic E-state index is 13.1. The predicted octanol–water partition coefficient (Wildman–Crippen LogP) is 5.84. The van der Waals surface area contributed by atoms with E-state index < -0.39 is 0 Å². The number of pyridine rings is 2. The number of hydrogen-bond acceptors (Lipinski definition) is 5. The van der Waals surface area contributed by atoms with Crippen molar-refractivity contribution in [1.29, 1.82) is 0 Å². The molecule has 1 atom stereocenters. The lowest BCUT2D eigenvalue weighted by Crippen LogP contribution is -2.20. The zero-order valence-electron chi connectivity index (χ0n) is 17.9. The Morgan fingerprint density at radius 3 is 2.58 bits per heavy atom. The summed E-state index contributed by atoms with van der Waals surface area (Å²) < 4.78 is 19.0. The zero-order chi connectivity index (χ0) is 21.5. The van der Waals surface area contributed by atoms with Crippen molar-refractivity contribution >= 4 is 11.5 Å². The molecule has 0 bridgehead atoms. The molecule has 2 aliphatic rings. The number of rotatable bonds is 5. The lowest BCUT2D eigenvalue weighted by Gasteiger charge is -2.29. The van der Waals surface area contributed by atoms with Crippen molar-refractivity contribution in [1.82, 2.24) is 14.9 Å². The third-order valence-electron chi connectivity index (χ3n) is 6.03. The number of halogens is 1. The SMILES string of the molecule is CNc1nccc2c1CN(C(C)c1cnc(Oc3ccc(F)cc3)c(C)c1)C2=C1CC1. The second-order valence-electron chi connectivity index (χ2n) is 8.14. The van der Waals surface area contributed by atoms with Gasteiger partial charge in [0.2, 0.25) is 5.88 Å². The molecule has 1 saturated carbocycles. The fourth-order valence-corrected chi connectivity index (χ4v) is 4.23.